The Morgan fingerprint density at radius 1 is 1.24 bits per heavy atom. The monoisotopic (exact) mass is 302 g/mol. The molecule has 0 aliphatic heterocycles. The average molecular weight is 303 g/mol. The molecule has 0 heterocycles. The van der Waals surface area contributed by atoms with Crippen LogP contribution in [0.1, 0.15) is 24.1 Å². The molecular weight excluding hydrogens is 284 g/mol. The minimum atomic E-state index is -0.0384. The van der Waals surface area contributed by atoms with Crippen molar-refractivity contribution in [3.05, 3.63) is 64.7 Å². The van der Waals surface area contributed by atoms with Gasteiger partial charge in [-0.25, -0.2) is 0 Å². The summed E-state index contributed by atoms with van der Waals surface area (Å²) in [6.45, 7) is 1.99. The van der Waals surface area contributed by atoms with Gasteiger partial charge >= 0.3 is 0 Å². The Kier molecular flexibility index (Phi) is 4.86. The van der Waals surface area contributed by atoms with Crippen LogP contribution < -0.4 is 5.73 Å². The van der Waals surface area contributed by atoms with Gasteiger partial charge in [-0.15, -0.1) is 0 Å². The lowest BCUT2D eigenvalue weighted by Gasteiger charge is -2.26. The van der Waals surface area contributed by atoms with Crippen molar-refractivity contribution in [3.8, 4) is 0 Å². The molecule has 0 aromatic heterocycles. The third-order valence-electron chi connectivity index (χ3n) is 3.67. The number of likely N-dealkylation sites (N-methyl/N-ethyl adjacent to an activating group) is 1. The number of nitrogen functional groups attached to an aromatic ring is 1. The van der Waals surface area contributed by atoms with Gasteiger partial charge in [0.05, 0.1) is 12.5 Å². The number of hydrogen-bond donors (Lipinski definition) is 1. The summed E-state index contributed by atoms with van der Waals surface area (Å²) in [6.07, 6.45) is 0.294. The number of nitrogens with zero attached hydrogens (tertiary/aromatic N) is 1. The second kappa shape index (κ2) is 6.64. The van der Waals surface area contributed by atoms with Gasteiger partial charge in [0.2, 0.25) is 5.91 Å². The van der Waals surface area contributed by atoms with Crippen molar-refractivity contribution in [1.82, 2.24) is 4.90 Å². The first-order chi connectivity index (χ1) is 9.99. The maximum absolute atomic E-state index is 12.4. The Labute approximate surface area is 130 Å². The number of hydrogen-bond acceptors (Lipinski definition) is 2. The second-order valence-corrected chi connectivity index (χ2v) is 5.53. The number of amides is 1. The van der Waals surface area contributed by atoms with Crippen LogP contribution in [-0.2, 0) is 11.2 Å². The SMILES string of the molecule is CC(c1cccc(N)c1)N(C)C(=O)Cc1ccccc1Cl. The van der Waals surface area contributed by atoms with E-state index >= 15 is 0 Å². The van der Waals surface area contributed by atoms with Gasteiger partial charge in [-0.05, 0) is 36.2 Å². The number of halogens is 1. The average Bonchev–Trinajstić information content (AvgIpc) is 2.48. The van der Waals surface area contributed by atoms with Crippen LogP contribution in [0.2, 0.25) is 5.02 Å². The van der Waals surface area contributed by atoms with Crippen molar-refractivity contribution >= 4 is 23.2 Å². The molecular formula is C17H19ClN2O. The molecule has 1 unspecified atom stereocenters. The van der Waals surface area contributed by atoms with E-state index in [4.69, 9.17) is 17.3 Å². The van der Waals surface area contributed by atoms with Crippen LogP contribution in [0.3, 0.4) is 0 Å². The maximum atomic E-state index is 12.4. The number of anilines is 1. The first-order valence-corrected chi connectivity index (χ1v) is 7.21. The molecule has 21 heavy (non-hydrogen) atoms. The summed E-state index contributed by atoms with van der Waals surface area (Å²) in [5, 5.41) is 0.621. The van der Waals surface area contributed by atoms with Crippen LogP contribution in [0.25, 0.3) is 0 Å². The van der Waals surface area contributed by atoms with Crippen molar-refractivity contribution in [2.24, 2.45) is 0 Å². The molecule has 3 nitrogen and oxygen atoms in total. The molecule has 0 saturated heterocycles. The molecule has 0 aliphatic rings. The van der Waals surface area contributed by atoms with E-state index in [9.17, 15) is 4.79 Å². The molecule has 1 atom stereocenters. The number of carbonyl (C=O) groups excluding carboxylic acids is 1. The Hall–Kier alpha value is -2.00. The topological polar surface area (TPSA) is 46.3 Å². The van der Waals surface area contributed by atoms with Crippen LogP contribution in [0.15, 0.2) is 48.5 Å². The van der Waals surface area contributed by atoms with Gasteiger partial charge in [0.15, 0.2) is 0 Å². The Morgan fingerprint density at radius 2 is 1.95 bits per heavy atom. The van der Waals surface area contributed by atoms with Crippen LogP contribution in [0.5, 0.6) is 0 Å². The number of rotatable bonds is 4. The van der Waals surface area contributed by atoms with Crippen molar-refractivity contribution in [3.63, 3.8) is 0 Å². The molecule has 0 saturated carbocycles. The van der Waals surface area contributed by atoms with E-state index in [0.29, 0.717) is 17.1 Å². The first-order valence-electron chi connectivity index (χ1n) is 6.83. The number of carbonyl (C=O) groups is 1. The van der Waals surface area contributed by atoms with E-state index in [1.54, 1.807) is 18.0 Å². The molecule has 0 aliphatic carbocycles. The van der Waals surface area contributed by atoms with E-state index < -0.39 is 0 Å². The molecule has 0 fully saturated rings. The lowest BCUT2D eigenvalue weighted by Crippen LogP contribution is -2.31. The zero-order valence-electron chi connectivity index (χ0n) is 12.2. The van der Waals surface area contributed by atoms with Gasteiger partial charge in [-0.1, -0.05) is 41.9 Å². The van der Waals surface area contributed by atoms with Gasteiger partial charge in [-0.2, -0.15) is 0 Å². The smallest absolute Gasteiger partial charge is 0.227 e. The van der Waals surface area contributed by atoms with Gasteiger partial charge in [0.25, 0.3) is 0 Å². The highest BCUT2D eigenvalue weighted by Gasteiger charge is 2.18. The Balaban J connectivity index is 2.10. The van der Waals surface area contributed by atoms with Crippen molar-refractivity contribution in [2.75, 3.05) is 12.8 Å². The third kappa shape index (κ3) is 3.76. The van der Waals surface area contributed by atoms with Gasteiger partial charge in [0.1, 0.15) is 0 Å². The summed E-state index contributed by atoms with van der Waals surface area (Å²) < 4.78 is 0. The molecule has 110 valence electrons. The number of nitrogens with two attached hydrogens (primary N) is 1. The Bertz CT molecular complexity index is 642. The molecule has 2 rings (SSSR count). The van der Waals surface area contributed by atoms with E-state index in [2.05, 4.69) is 0 Å². The molecule has 0 bridgehead atoms. The normalized spacial score (nSPS) is 12.0. The Morgan fingerprint density at radius 3 is 2.62 bits per heavy atom. The number of benzene rings is 2. The standard InChI is InChI=1S/C17H19ClN2O/c1-12(13-7-5-8-15(19)10-13)20(2)17(21)11-14-6-3-4-9-16(14)18/h3-10,12H,11,19H2,1-2H3. The first kappa shape index (κ1) is 15.4. The second-order valence-electron chi connectivity index (χ2n) is 5.12. The summed E-state index contributed by atoms with van der Waals surface area (Å²) in [7, 11) is 1.80. The van der Waals surface area contributed by atoms with Crippen LogP contribution in [-0.4, -0.2) is 17.9 Å². The van der Waals surface area contributed by atoms with Gasteiger partial charge in [-0.3, -0.25) is 4.79 Å². The fraction of sp³-hybridized carbons (Fsp3) is 0.235. The highest BCUT2D eigenvalue weighted by Crippen LogP contribution is 2.22. The van der Waals surface area contributed by atoms with Crippen LogP contribution >= 0.6 is 11.6 Å². The fourth-order valence-electron chi connectivity index (χ4n) is 2.19. The zero-order chi connectivity index (χ0) is 15.4. The minimum absolute atomic E-state index is 0.0259. The lowest BCUT2D eigenvalue weighted by molar-refractivity contribution is -0.131. The largest absolute Gasteiger partial charge is 0.399 e. The van der Waals surface area contributed by atoms with Gasteiger partial charge < -0.3 is 10.6 Å². The molecule has 2 N–H and O–H groups in total. The van der Waals surface area contributed by atoms with E-state index in [0.717, 1.165) is 11.1 Å². The summed E-state index contributed by atoms with van der Waals surface area (Å²) >= 11 is 6.10. The quantitative estimate of drug-likeness (QED) is 0.876. The van der Waals surface area contributed by atoms with Crippen LogP contribution in [0.4, 0.5) is 5.69 Å². The lowest BCUT2D eigenvalue weighted by atomic mass is 10.1. The summed E-state index contributed by atoms with van der Waals surface area (Å²) in [6, 6.07) is 15.0. The van der Waals surface area contributed by atoms with Crippen molar-refractivity contribution in [2.45, 2.75) is 19.4 Å². The van der Waals surface area contributed by atoms with E-state index in [1.165, 1.54) is 0 Å². The van der Waals surface area contributed by atoms with Crippen molar-refractivity contribution < 1.29 is 4.79 Å². The predicted octanol–water partition coefficient (Wildman–Crippen LogP) is 3.68. The zero-order valence-corrected chi connectivity index (χ0v) is 13.0. The molecule has 1 amide bonds. The maximum Gasteiger partial charge on any atom is 0.227 e. The van der Waals surface area contributed by atoms with Crippen molar-refractivity contribution in [1.29, 1.82) is 0 Å². The van der Waals surface area contributed by atoms with E-state index in [1.807, 2.05) is 49.4 Å². The molecule has 4 heteroatoms. The summed E-state index contributed by atoms with van der Waals surface area (Å²) in [4.78, 5) is 14.1. The highest BCUT2D eigenvalue weighted by atomic mass is 35.5. The fourth-order valence-corrected chi connectivity index (χ4v) is 2.39. The predicted molar refractivity (Wildman–Crippen MR) is 87.2 cm³/mol. The molecule has 2 aromatic carbocycles. The molecule has 2 aromatic rings. The van der Waals surface area contributed by atoms with Gasteiger partial charge in [0, 0.05) is 17.8 Å². The minimum Gasteiger partial charge on any atom is -0.399 e. The third-order valence-corrected chi connectivity index (χ3v) is 4.04. The van der Waals surface area contributed by atoms with E-state index in [-0.39, 0.29) is 11.9 Å². The molecule has 0 spiro atoms. The van der Waals surface area contributed by atoms with Crippen LogP contribution in [0, 0.1) is 0 Å². The highest BCUT2D eigenvalue weighted by molar-refractivity contribution is 6.31. The summed E-state index contributed by atoms with van der Waals surface area (Å²) in [5.74, 6) is 0.0259. The summed E-state index contributed by atoms with van der Waals surface area (Å²) in [5.41, 5.74) is 8.36. The molecule has 0 radical (unpaired) electrons.